The maximum Gasteiger partial charge on any atom is 0.222 e. The molecule has 3 rings (SSSR count). The quantitative estimate of drug-likeness (QED) is 0.652. The minimum absolute atomic E-state index is 0.215. The Kier molecular flexibility index (Phi) is 2.01. The molecule has 0 aliphatic heterocycles. The fourth-order valence-corrected chi connectivity index (χ4v) is 1.55. The van der Waals surface area contributed by atoms with E-state index in [1.54, 1.807) is 12.4 Å². The first-order chi connectivity index (χ1) is 8.22. The van der Waals surface area contributed by atoms with Gasteiger partial charge in [-0.15, -0.1) is 0 Å². The monoisotopic (exact) mass is 226 g/mol. The van der Waals surface area contributed by atoms with Crippen LogP contribution in [0.3, 0.4) is 0 Å². The van der Waals surface area contributed by atoms with Crippen molar-refractivity contribution < 1.29 is 0 Å². The summed E-state index contributed by atoms with van der Waals surface area (Å²) in [6, 6.07) is 3.89. The maximum atomic E-state index is 5.50. The first-order valence-corrected chi connectivity index (χ1v) is 5.13. The first-order valence-electron chi connectivity index (χ1n) is 5.13. The van der Waals surface area contributed by atoms with Gasteiger partial charge in [-0.25, -0.2) is 9.97 Å². The summed E-state index contributed by atoms with van der Waals surface area (Å²) in [4.78, 5) is 19.7. The number of nitrogens with zero attached hydrogens (tertiary/aromatic N) is 4. The van der Waals surface area contributed by atoms with Crippen LogP contribution in [0.2, 0.25) is 0 Å². The van der Waals surface area contributed by atoms with E-state index in [-0.39, 0.29) is 5.95 Å². The van der Waals surface area contributed by atoms with E-state index in [0.717, 1.165) is 16.8 Å². The number of aryl methyl sites for hydroxylation is 1. The van der Waals surface area contributed by atoms with Gasteiger partial charge in [0.2, 0.25) is 5.95 Å². The molecule has 3 heterocycles. The van der Waals surface area contributed by atoms with Crippen LogP contribution >= 0.6 is 0 Å². The van der Waals surface area contributed by atoms with Crippen LogP contribution in [0.5, 0.6) is 0 Å². The zero-order valence-corrected chi connectivity index (χ0v) is 9.18. The lowest BCUT2D eigenvalue weighted by molar-refractivity contribution is 1.20. The lowest BCUT2D eigenvalue weighted by Gasteiger charge is -1.95. The third kappa shape index (κ3) is 1.69. The van der Waals surface area contributed by atoms with Crippen molar-refractivity contribution >= 4 is 17.1 Å². The number of aromatic amines is 1. The third-order valence-corrected chi connectivity index (χ3v) is 2.41. The summed E-state index contributed by atoms with van der Waals surface area (Å²) in [6.45, 7) is 1.99. The van der Waals surface area contributed by atoms with Crippen molar-refractivity contribution in [2.24, 2.45) is 0 Å². The van der Waals surface area contributed by atoms with Gasteiger partial charge in [-0.2, -0.15) is 4.98 Å². The summed E-state index contributed by atoms with van der Waals surface area (Å²) >= 11 is 0. The molecule has 3 aromatic heterocycles. The number of pyridine rings is 1. The van der Waals surface area contributed by atoms with Crippen LogP contribution in [0, 0.1) is 6.92 Å². The van der Waals surface area contributed by atoms with E-state index in [1.165, 1.54) is 0 Å². The standard InChI is InChI=1S/C11H10N6/c1-6-2-3-7(13-4-6)9-15-8-5-14-11(12)17-10(8)16-9/h2-5H,1H3,(H3,12,14,15,16,17). The summed E-state index contributed by atoms with van der Waals surface area (Å²) in [7, 11) is 0. The first kappa shape index (κ1) is 9.71. The minimum Gasteiger partial charge on any atom is -0.368 e. The van der Waals surface area contributed by atoms with Crippen LogP contribution in [0.1, 0.15) is 5.56 Å². The number of imidazole rings is 1. The predicted octanol–water partition coefficient (Wildman–Crippen LogP) is 1.31. The number of hydrogen-bond acceptors (Lipinski definition) is 5. The second-order valence-electron chi connectivity index (χ2n) is 3.77. The fourth-order valence-electron chi connectivity index (χ4n) is 1.55. The van der Waals surface area contributed by atoms with Crippen LogP contribution in [0.25, 0.3) is 22.7 Å². The SMILES string of the molecule is Cc1ccc(-c2nc3nc(N)ncc3[nH]2)nc1. The minimum atomic E-state index is 0.215. The van der Waals surface area contributed by atoms with Crippen LogP contribution < -0.4 is 5.73 Å². The molecule has 0 saturated carbocycles. The Hall–Kier alpha value is -2.50. The van der Waals surface area contributed by atoms with Crippen LogP contribution in [-0.4, -0.2) is 24.9 Å². The molecule has 3 N–H and O–H groups in total. The molecule has 0 unspecified atom stereocenters. The molecule has 0 saturated heterocycles. The van der Waals surface area contributed by atoms with Gasteiger partial charge in [0.1, 0.15) is 11.2 Å². The molecule has 17 heavy (non-hydrogen) atoms. The van der Waals surface area contributed by atoms with Crippen molar-refractivity contribution in [1.29, 1.82) is 0 Å². The fraction of sp³-hybridized carbons (Fsp3) is 0.0909. The Morgan fingerprint density at radius 2 is 2.00 bits per heavy atom. The van der Waals surface area contributed by atoms with Gasteiger partial charge < -0.3 is 10.7 Å². The van der Waals surface area contributed by atoms with E-state index in [1.807, 2.05) is 19.1 Å². The van der Waals surface area contributed by atoms with Crippen molar-refractivity contribution in [3.63, 3.8) is 0 Å². The van der Waals surface area contributed by atoms with Crippen LogP contribution in [0.4, 0.5) is 5.95 Å². The zero-order valence-electron chi connectivity index (χ0n) is 9.18. The molecule has 3 aromatic rings. The largest absolute Gasteiger partial charge is 0.368 e. The van der Waals surface area contributed by atoms with E-state index >= 15 is 0 Å². The van der Waals surface area contributed by atoms with E-state index in [2.05, 4.69) is 24.9 Å². The van der Waals surface area contributed by atoms with Gasteiger partial charge in [0.15, 0.2) is 11.5 Å². The number of nitrogen functional groups attached to an aromatic ring is 1. The van der Waals surface area contributed by atoms with Crippen LogP contribution in [0.15, 0.2) is 24.5 Å². The highest BCUT2D eigenvalue weighted by Gasteiger charge is 2.07. The molecule has 0 aliphatic carbocycles. The van der Waals surface area contributed by atoms with Gasteiger partial charge in [-0.1, -0.05) is 6.07 Å². The Morgan fingerprint density at radius 3 is 2.76 bits per heavy atom. The van der Waals surface area contributed by atoms with E-state index in [0.29, 0.717) is 11.5 Å². The molecule has 84 valence electrons. The number of H-pyrrole nitrogens is 1. The highest BCUT2D eigenvalue weighted by atomic mass is 15.1. The summed E-state index contributed by atoms with van der Waals surface area (Å²) in [5.41, 5.74) is 8.67. The number of anilines is 1. The van der Waals surface area contributed by atoms with Gasteiger partial charge in [0.25, 0.3) is 0 Å². The van der Waals surface area contributed by atoms with Crippen molar-refractivity contribution in [2.75, 3.05) is 5.73 Å². The van der Waals surface area contributed by atoms with E-state index < -0.39 is 0 Å². The molecule has 0 amide bonds. The smallest absolute Gasteiger partial charge is 0.222 e. The number of aromatic nitrogens is 5. The maximum absolute atomic E-state index is 5.50. The molecular weight excluding hydrogens is 216 g/mol. The molecule has 0 fully saturated rings. The van der Waals surface area contributed by atoms with Crippen molar-refractivity contribution in [1.82, 2.24) is 24.9 Å². The number of hydrogen-bond donors (Lipinski definition) is 2. The average molecular weight is 226 g/mol. The second kappa shape index (κ2) is 3.51. The van der Waals surface area contributed by atoms with Gasteiger partial charge in [0, 0.05) is 6.20 Å². The zero-order chi connectivity index (χ0) is 11.8. The summed E-state index contributed by atoms with van der Waals surface area (Å²) in [5.74, 6) is 0.882. The van der Waals surface area contributed by atoms with E-state index in [4.69, 9.17) is 5.73 Å². The molecular formula is C11H10N6. The van der Waals surface area contributed by atoms with Crippen molar-refractivity contribution in [3.8, 4) is 11.5 Å². The molecule has 0 radical (unpaired) electrons. The predicted molar refractivity (Wildman–Crippen MR) is 64.1 cm³/mol. The van der Waals surface area contributed by atoms with Gasteiger partial charge in [-0.05, 0) is 18.6 Å². The Balaban J connectivity index is 2.14. The van der Waals surface area contributed by atoms with Gasteiger partial charge in [0.05, 0.1) is 6.20 Å². The highest BCUT2D eigenvalue weighted by molar-refractivity contribution is 5.74. The van der Waals surface area contributed by atoms with Crippen molar-refractivity contribution in [2.45, 2.75) is 6.92 Å². The van der Waals surface area contributed by atoms with Gasteiger partial charge in [-0.3, -0.25) is 4.98 Å². The van der Waals surface area contributed by atoms with E-state index in [9.17, 15) is 0 Å². The Morgan fingerprint density at radius 1 is 1.12 bits per heavy atom. The lowest BCUT2D eigenvalue weighted by atomic mass is 10.3. The molecule has 0 spiro atoms. The molecule has 0 aromatic carbocycles. The molecule has 6 heteroatoms. The van der Waals surface area contributed by atoms with Crippen molar-refractivity contribution in [3.05, 3.63) is 30.1 Å². The number of nitrogens with one attached hydrogen (secondary N) is 1. The summed E-state index contributed by atoms with van der Waals surface area (Å²) in [6.07, 6.45) is 3.41. The molecule has 0 aliphatic rings. The molecule has 6 nitrogen and oxygen atoms in total. The topological polar surface area (TPSA) is 93.4 Å². The highest BCUT2D eigenvalue weighted by Crippen LogP contribution is 2.17. The van der Waals surface area contributed by atoms with Crippen LogP contribution in [-0.2, 0) is 0 Å². The number of fused-ring (bicyclic) bond motifs is 1. The van der Waals surface area contributed by atoms with Gasteiger partial charge >= 0.3 is 0 Å². The molecule has 0 atom stereocenters. The number of rotatable bonds is 1. The Bertz CT molecular complexity index is 670. The summed E-state index contributed by atoms with van der Waals surface area (Å²) in [5, 5.41) is 0. The third-order valence-electron chi connectivity index (χ3n) is 2.41. The Labute approximate surface area is 97.0 Å². The second-order valence-corrected chi connectivity index (χ2v) is 3.77. The molecule has 0 bridgehead atoms. The number of nitrogens with two attached hydrogens (primary N) is 1. The summed E-state index contributed by atoms with van der Waals surface area (Å²) < 4.78 is 0. The average Bonchev–Trinajstić information content (AvgIpc) is 2.72. The lowest BCUT2D eigenvalue weighted by Crippen LogP contribution is -1.93. The normalized spacial score (nSPS) is 10.9.